The molecule has 0 saturated carbocycles. The van der Waals surface area contributed by atoms with Crippen LogP contribution in [-0.2, 0) is 32.7 Å². The van der Waals surface area contributed by atoms with Crippen LogP contribution in [0, 0.1) is 0 Å². The molecule has 10 heteroatoms. The number of phosphoric acid groups is 1. The first kappa shape index (κ1) is 48.8. The lowest BCUT2D eigenvalue weighted by molar-refractivity contribution is -0.161. The maximum absolute atomic E-state index is 12.5. The van der Waals surface area contributed by atoms with Gasteiger partial charge in [0.15, 0.2) is 6.10 Å². The summed E-state index contributed by atoms with van der Waals surface area (Å²) in [6.07, 6.45) is 35.9. The van der Waals surface area contributed by atoms with Gasteiger partial charge < -0.3 is 20.1 Å². The van der Waals surface area contributed by atoms with Gasteiger partial charge in [-0.15, -0.1) is 11.5 Å². The van der Waals surface area contributed by atoms with Crippen molar-refractivity contribution in [2.24, 2.45) is 5.73 Å². The summed E-state index contributed by atoms with van der Waals surface area (Å²) in [7, 11) is -4.38. The van der Waals surface area contributed by atoms with Crippen molar-refractivity contribution in [3.05, 3.63) is 47.9 Å². The molecule has 0 amide bonds. The molecule has 0 aliphatic heterocycles. The Bertz CT molecular complexity index is 1050. The highest BCUT2D eigenvalue weighted by atomic mass is 31.2. The standard InChI is InChI=1S/C41H72NO8P/c1-3-5-7-9-11-13-15-17-19-21-23-25-27-29-31-33-40(43)47-37-39(38-49-51(45,46)48-36-35-42)50-41(44)34-32-30-28-26-24-22-20-18-16-14-12-10-8-6-4-2/h6,8,15-16,19-20,39H,3-5,7,9-14,21-38,42H2,1-2H3,(H,45,46)/b8-6+/t17?,18?,39-/m1/s1. The molecular weight excluding hydrogens is 665 g/mol. The van der Waals surface area contributed by atoms with Crippen LogP contribution in [0.1, 0.15) is 168 Å². The van der Waals surface area contributed by atoms with Gasteiger partial charge in [-0.3, -0.25) is 18.6 Å². The normalized spacial score (nSPS) is 12.8. The molecule has 294 valence electrons. The van der Waals surface area contributed by atoms with Gasteiger partial charge in [-0.25, -0.2) is 4.57 Å². The quantitative estimate of drug-likeness (QED) is 0.0212. The molecule has 0 aliphatic carbocycles. The Morgan fingerprint density at radius 1 is 0.647 bits per heavy atom. The molecule has 3 N–H and O–H groups in total. The lowest BCUT2D eigenvalue weighted by Crippen LogP contribution is -2.29. The number of esters is 2. The number of unbranched alkanes of at least 4 members (excludes halogenated alkanes) is 17. The molecule has 0 radical (unpaired) electrons. The lowest BCUT2D eigenvalue weighted by Gasteiger charge is -2.19. The van der Waals surface area contributed by atoms with Gasteiger partial charge in [0.05, 0.1) is 13.2 Å². The number of ether oxygens (including phenoxy) is 2. The second-order valence-electron chi connectivity index (χ2n) is 13.0. The van der Waals surface area contributed by atoms with Gasteiger partial charge in [0.25, 0.3) is 0 Å². The molecule has 2 atom stereocenters. The third kappa shape index (κ3) is 37.4. The minimum atomic E-state index is -4.38. The van der Waals surface area contributed by atoms with Crippen LogP contribution < -0.4 is 5.73 Å². The van der Waals surface area contributed by atoms with E-state index >= 15 is 0 Å². The third-order valence-electron chi connectivity index (χ3n) is 8.03. The molecule has 1 unspecified atom stereocenters. The maximum Gasteiger partial charge on any atom is 0.472 e. The molecule has 0 heterocycles. The molecular formula is C41H72NO8P. The Balaban J connectivity index is 4.29. The van der Waals surface area contributed by atoms with E-state index in [1.165, 1.54) is 32.1 Å². The number of hydrogen-bond donors (Lipinski definition) is 2. The Kier molecular flexibility index (Phi) is 35.9. The van der Waals surface area contributed by atoms with Gasteiger partial charge in [-0.05, 0) is 101 Å². The zero-order chi connectivity index (χ0) is 37.5. The Morgan fingerprint density at radius 3 is 1.71 bits per heavy atom. The first-order valence-electron chi connectivity index (χ1n) is 19.9. The number of allylic oxidation sites excluding steroid dienone is 4. The molecule has 0 aliphatic rings. The summed E-state index contributed by atoms with van der Waals surface area (Å²) >= 11 is 0. The van der Waals surface area contributed by atoms with Crippen LogP contribution >= 0.6 is 7.82 Å². The number of hydrogen-bond acceptors (Lipinski definition) is 8. The molecule has 0 aromatic heterocycles. The summed E-state index contributed by atoms with van der Waals surface area (Å²) < 4.78 is 32.6. The SMILES string of the molecule is CC/C=C/CCCC=C=CCCCCCCCC(=O)O[C@H](COC(=O)CCCCCCCC=C=CCCCCCCC)COP(=O)(O)OCCN. The fourth-order valence-corrected chi connectivity index (χ4v) is 5.83. The van der Waals surface area contributed by atoms with Crippen LogP contribution in [0.25, 0.3) is 0 Å². The Labute approximate surface area is 310 Å². The van der Waals surface area contributed by atoms with Crippen molar-refractivity contribution in [3.63, 3.8) is 0 Å². The third-order valence-corrected chi connectivity index (χ3v) is 9.01. The van der Waals surface area contributed by atoms with Crippen molar-refractivity contribution in [1.82, 2.24) is 0 Å². The van der Waals surface area contributed by atoms with Crippen LogP contribution in [0.15, 0.2) is 47.9 Å². The van der Waals surface area contributed by atoms with E-state index in [4.69, 9.17) is 24.3 Å². The molecule has 0 bridgehead atoms. The fourth-order valence-electron chi connectivity index (χ4n) is 5.07. The van der Waals surface area contributed by atoms with Crippen LogP contribution in [0.2, 0.25) is 0 Å². The number of carbonyl (C=O) groups is 2. The number of phosphoric ester groups is 1. The molecule has 0 spiro atoms. The van der Waals surface area contributed by atoms with Crippen LogP contribution in [-0.4, -0.2) is 49.3 Å². The van der Waals surface area contributed by atoms with E-state index in [1.807, 2.05) is 0 Å². The van der Waals surface area contributed by atoms with Gasteiger partial charge in [0.1, 0.15) is 6.61 Å². The van der Waals surface area contributed by atoms with Crippen LogP contribution in [0.5, 0.6) is 0 Å². The van der Waals surface area contributed by atoms with E-state index in [0.29, 0.717) is 12.8 Å². The maximum atomic E-state index is 12.5. The summed E-state index contributed by atoms with van der Waals surface area (Å²) in [5.41, 5.74) is 11.9. The van der Waals surface area contributed by atoms with E-state index in [-0.39, 0.29) is 32.6 Å². The second kappa shape index (κ2) is 37.5. The van der Waals surface area contributed by atoms with Crippen molar-refractivity contribution in [2.45, 2.75) is 174 Å². The monoisotopic (exact) mass is 737 g/mol. The molecule has 0 rings (SSSR count). The number of nitrogens with two attached hydrogens (primary N) is 1. The van der Waals surface area contributed by atoms with Gasteiger partial charge in [0.2, 0.25) is 0 Å². The predicted molar refractivity (Wildman–Crippen MR) is 208 cm³/mol. The smallest absolute Gasteiger partial charge is 0.462 e. The minimum absolute atomic E-state index is 0.0445. The van der Waals surface area contributed by atoms with Crippen LogP contribution in [0.4, 0.5) is 0 Å². The van der Waals surface area contributed by atoms with Crippen molar-refractivity contribution >= 4 is 19.8 Å². The minimum Gasteiger partial charge on any atom is -0.462 e. The Hall–Kier alpha value is -2.21. The summed E-state index contributed by atoms with van der Waals surface area (Å²) in [5, 5.41) is 0. The zero-order valence-corrected chi connectivity index (χ0v) is 33.1. The highest BCUT2D eigenvalue weighted by Gasteiger charge is 2.25. The van der Waals surface area contributed by atoms with Gasteiger partial charge >= 0.3 is 19.8 Å². The van der Waals surface area contributed by atoms with E-state index in [9.17, 15) is 19.0 Å². The average molecular weight is 738 g/mol. The summed E-state index contributed by atoms with van der Waals surface area (Å²) in [5.74, 6) is -0.878. The van der Waals surface area contributed by atoms with E-state index in [0.717, 1.165) is 96.3 Å². The summed E-state index contributed by atoms with van der Waals surface area (Å²) in [6.45, 7) is 3.55. The van der Waals surface area contributed by atoms with E-state index in [2.05, 4.69) is 61.8 Å². The predicted octanol–water partition coefficient (Wildman–Crippen LogP) is 10.9. The highest BCUT2D eigenvalue weighted by Crippen LogP contribution is 2.43. The fraction of sp³-hybridized carbons (Fsp3) is 0.756. The molecule has 0 fully saturated rings. The first-order valence-corrected chi connectivity index (χ1v) is 21.4. The van der Waals surface area contributed by atoms with Crippen LogP contribution in [0.3, 0.4) is 0 Å². The molecule has 0 saturated heterocycles. The molecule has 0 aromatic rings. The lowest BCUT2D eigenvalue weighted by atomic mass is 10.1. The van der Waals surface area contributed by atoms with Crippen molar-refractivity contribution in [2.75, 3.05) is 26.4 Å². The summed E-state index contributed by atoms with van der Waals surface area (Å²) in [6, 6.07) is 0. The Morgan fingerprint density at radius 2 is 1.16 bits per heavy atom. The van der Waals surface area contributed by atoms with Gasteiger partial charge in [-0.2, -0.15) is 0 Å². The van der Waals surface area contributed by atoms with Crippen molar-refractivity contribution < 1.29 is 37.6 Å². The number of carbonyl (C=O) groups excluding carboxylic acids is 2. The van der Waals surface area contributed by atoms with Crippen molar-refractivity contribution in [1.29, 1.82) is 0 Å². The topological polar surface area (TPSA) is 134 Å². The zero-order valence-electron chi connectivity index (χ0n) is 32.2. The van der Waals surface area contributed by atoms with Gasteiger partial charge in [-0.1, -0.05) is 90.2 Å². The highest BCUT2D eigenvalue weighted by molar-refractivity contribution is 7.47. The van der Waals surface area contributed by atoms with Crippen molar-refractivity contribution in [3.8, 4) is 0 Å². The first-order chi connectivity index (χ1) is 24.8. The summed E-state index contributed by atoms with van der Waals surface area (Å²) in [4.78, 5) is 34.7. The average Bonchev–Trinajstić information content (AvgIpc) is 3.11. The van der Waals surface area contributed by atoms with E-state index < -0.39 is 32.5 Å². The largest absolute Gasteiger partial charge is 0.472 e. The molecule has 0 aromatic carbocycles. The molecule has 9 nitrogen and oxygen atoms in total. The number of rotatable bonds is 36. The van der Waals surface area contributed by atoms with Gasteiger partial charge in [0, 0.05) is 19.4 Å². The van der Waals surface area contributed by atoms with E-state index in [1.54, 1.807) is 0 Å². The second-order valence-corrected chi connectivity index (χ2v) is 14.4. The molecule has 51 heavy (non-hydrogen) atoms.